The fourth-order valence-corrected chi connectivity index (χ4v) is 2.53. The first-order valence-electron chi connectivity index (χ1n) is 6.55. The van der Waals surface area contributed by atoms with Gasteiger partial charge in [0.2, 0.25) is 0 Å². The Kier molecular flexibility index (Phi) is 5.34. The van der Waals surface area contributed by atoms with Crippen molar-refractivity contribution >= 4 is 11.4 Å². The summed E-state index contributed by atoms with van der Waals surface area (Å²) in [6.07, 6.45) is -4.28. The number of fused-ring (bicyclic) bond motifs is 1. The molecule has 1 aliphatic heterocycles. The standard InChI is InChI=1S/C14H19F3N2.HI/c1-9(2)18-8-19(10(3)4)13-7-11(14(15,16)17)5-6-12(13)18;/h5-7,9-10H,8H2,1-4H3;1H. The molecule has 1 heterocycles. The van der Waals surface area contributed by atoms with Crippen LogP contribution in [-0.4, -0.2) is 18.8 Å². The summed E-state index contributed by atoms with van der Waals surface area (Å²) in [6.45, 7) is 8.91. The first kappa shape index (κ1) is 17.6. The van der Waals surface area contributed by atoms with Crippen LogP contribution in [0.4, 0.5) is 24.5 Å². The van der Waals surface area contributed by atoms with Crippen LogP contribution in [0.3, 0.4) is 0 Å². The largest absolute Gasteiger partial charge is 1.00 e. The first-order valence-corrected chi connectivity index (χ1v) is 6.55. The number of benzene rings is 1. The minimum Gasteiger partial charge on any atom is -1.00 e. The molecular formula is C14H20F3IN2. The summed E-state index contributed by atoms with van der Waals surface area (Å²) in [5.74, 6) is 0. The highest BCUT2D eigenvalue weighted by Crippen LogP contribution is 2.36. The Morgan fingerprint density at radius 1 is 1.15 bits per heavy atom. The zero-order valence-electron chi connectivity index (χ0n) is 12.1. The third kappa shape index (κ3) is 3.21. The maximum atomic E-state index is 12.8. The van der Waals surface area contributed by atoms with Crippen LogP contribution in [0.1, 0.15) is 33.3 Å². The maximum Gasteiger partial charge on any atom is 0.416 e. The zero-order chi connectivity index (χ0) is 14.4. The van der Waals surface area contributed by atoms with Crippen LogP contribution < -0.4 is 33.8 Å². The summed E-state index contributed by atoms with van der Waals surface area (Å²) in [4.78, 5) is 3.26. The van der Waals surface area contributed by atoms with Crippen LogP contribution in [0, 0.1) is 0 Å². The molecule has 6 heteroatoms. The van der Waals surface area contributed by atoms with Crippen LogP contribution in [-0.2, 0) is 6.18 Å². The quantitative estimate of drug-likeness (QED) is 0.678. The Morgan fingerprint density at radius 3 is 2.20 bits per heavy atom. The fraction of sp³-hybridized carbons (Fsp3) is 0.571. The highest BCUT2D eigenvalue weighted by Gasteiger charge is 2.38. The summed E-state index contributed by atoms with van der Waals surface area (Å²) in [6, 6.07) is 4.63. The first-order chi connectivity index (χ1) is 8.71. The molecule has 0 saturated heterocycles. The van der Waals surface area contributed by atoms with E-state index in [1.54, 1.807) is 6.07 Å². The van der Waals surface area contributed by atoms with Gasteiger partial charge >= 0.3 is 6.18 Å². The van der Waals surface area contributed by atoms with Gasteiger partial charge in [-0.25, -0.2) is 0 Å². The van der Waals surface area contributed by atoms with E-state index >= 15 is 0 Å². The molecular weight excluding hydrogens is 380 g/mol. The Morgan fingerprint density at radius 2 is 1.75 bits per heavy atom. The second-order valence-corrected chi connectivity index (χ2v) is 5.63. The number of nitrogens with one attached hydrogen (secondary N) is 1. The normalized spacial score (nSPS) is 18.4. The van der Waals surface area contributed by atoms with Gasteiger partial charge < -0.3 is 28.9 Å². The second-order valence-electron chi connectivity index (χ2n) is 5.63. The van der Waals surface area contributed by atoms with Crippen molar-refractivity contribution in [3.63, 3.8) is 0 Å². The van der Waals surface area contributed by atoms with Gasteiger partial charge in [-0.2, -0.15) is 13.2 Å². The van der Waals surface area contributed by atoms with E-state index < -0.39 is 11.7 Å². The molecule has 0 aromatic heterocycles. The van der Waals surface area contributed by atoms with E-state index in [0.29, 0.717) is 11.7 Å². The number of anilines is 1. The average Bonchev–Trinajstić information content (AvgIpc) is 2.66. The Bertz CT molecular complexity index is 472. The highest BCUT2D eigenvalue weighted by atomic mass is 127. The molecule has 0 aliphatic carbocycles. The molecule has 0 spiro atoms. The molecule has 114 valence electrons. The molecule has 20 heavy (non-hydrogen) atoms. The lowest BCUT2D eigenvalue weighted by atomic mass is 10.1. The molecule has 1 aromatic rings. The Labute approximate surface area is 135 Å². The minimum absolute atomic E-state index is 0. The van der Waals surface area contributed by atoms with Crippen molar-refractivity contribution in [2.75, 3.05) is 11.6 Å². The van der Waals surface area contributed by atoms with Crippen LogP contribution in [0.5, 0.6) is 0 Å². The predicted molar refractivity (Wildman–Crippen MR) is 69.7 cm³/mol. The number of alkyl halides is 3. The van der Waals surface area contributed by atoms with E-state index in [1.807, 2.05) is 18.7 Å². The Balaban J connectivity index is 0.00000200. The summed E-state index contributed by atoms with van der Waals surface area (Å²) in [5.41, 5.74) is 1.12. The summed E-state index contributed by atoms with van der Waals surface area (Å²) in [5, 5.41) is 0. The highest BCUT2D eigenvalue weighted by molar-refractivity contribution is 5.67. The van der Waals surface area contributed by atoms with Crippen LogP contribution in [0.25, 0.3) is 0 Å². The molecule has 2 nitrogen and oxygen atoms in total. The molecule has 0 radical (unpaired) electrons. The van der Waals surface area contributed by atoms with Crippen LogP contribution in [0.15, 0.2) is 18.2 Å². The molecule has 1 atom stereocenters. The van der Waals surface area contributed by atoms with E-state index in [-0.39, 0.29) is 30.0 Å². The molecule has 1 aromatic carbocycles. The van der Waals surface area contributed by atoms with Gasteiger partial charge in [0.1, 0.15) is 5.69 Å². The third-order valence-corrected chi connectivity index (χ3v) is 3.64. The second kappa shape index (κ2) is 6.09. The molecule has 1 aliphatic rings. The number of hydrogen-bond donors (Lipinski definition) is 1. The van der Waals surface area contributed by atoms with E-state index in [2.05, 4.69) is 13.8 Å². The van der Waals surface area contributed by atoms with Gasteiger partial charge in [-0.05, 0) is 39.8 Å². The van der Waals surface area contributed by atoms with Crippen molar-refractivity contribution < 1.29 is 42.0 Å². The van der Waals surface area contributed by atoms with Gasteiger partial charge in [0, 0.05) is 12.1 Å². The lowest BCUT2D eigenvalue weighted by Crippen LogP contribution is -3.10. The monoisotopic (exact) mass is 400 g/mol. The third-order valence-electron chi connectivity index (χ3n) is 3.64. The number of quaternary nitrogens is 1. The molecule has 1 unspecified atom stereocenters. The van der Waals surface area contributed by atoms with Crippen LogP contribution >= 0.6 is 0 Å². The summed E-state index contributed by atoms with van der Waals surface area (Å²) >= 11 is 0. The SMILES string of the molecule is CC(C)N1C[NH+](C(C)C)c2ccc(C(F)(F)F)cc21.[I-]. The van der Waals surface area contributed by atoms with Crippen LogP contribution in [0.2, 0.25) is 0 Å². The average molecular weight is 400 g/mol. The maximum absolute atomic E-state index is 12.8. The molecule has 0 fully saturated rings. The topological polar surface area (TPSA) is 7.68 Å². The summed E-state index contributed by atoms with van der Waals surface area (Å²) < 4.78 is 38.4. The number of rotatable bonds is 2. The lowest BCUT2D eigenvalue weighted by Gasteiger charge is -2.23. The van der Waals surface area contributed by atoms with E-state index in [9.17, 15) is 13.2 Å². The van der Waals surface area contributed by atoms with E-state index in [1.165, 1.54) is 17.0 Å². The fourth-order valence-electron chi connectivity index (χ4n) is 2.53. The predicted octanol–water partition coefficient (Wildman–Crippen LogP) is -0.180. The van der Waals surface area contributed by atoms with Crippen molar-refractivity contribution in [3.05, 3.63) is 23.8 Å². The van der Waals surface area contributed by atoms with Gasteiger partial charge in [0.05, 0.1) is 11.6 Å². The molecule has 0 saturated carbocycles. The van der Waals surface area contributed by atoms with Gasteiger partial charge in [-0.3, -0.25) is 4.90 Å². The van der Waals surface area contributed by atoms with E-state index in [4.69, 9.17) is 0 Å². The van der Waals surface area contributed by atoms with Gasteiger partial charge in [-0.15, -0.1) is 0 Å². The lowest BCUT2D eigenvalue weighted by molar-refractivity contribution is -0.849. The van der Waals surface area contributed by atoms with Crippen molar-refractivity contribution in [2.45, 2.75) is 46.0 Å². The van der Waals surface area contributed by atoms with E-state index in [0.717, 1.165) is 12.4 Å². The van der Waals surface area contributed by atoms with Crippen molar-refractivity contribution in [1.29, 1.82) is 0 Å². The van der Waals surface area contributed by atoms with Gasteiger partial charge in [0.15, 0.2) is 12.4 Å². The molecule has 0 amide bonds. The van der Waals surface area contributed by atoms with Gasteiger partial charge in [-0.1, -0.05) is 0 Å². The number of nitrogens with zero attached hydrogens (tertiary/aromatic N) is 1. The minimum atomic E-state index is -4.28. The van der Waals surface area contributed by atoms with Crippen molar-refractivity contribution in [1.82, 2.24) is 0 Å². The molecule has 0 bridgehead atoms. The van der Waals surface area contributed by atoms with Crippen molar-refractivity contribution in [2.24, 2.45) is 0 Å². The molecule has 2 rings (SSSR count). The Hall–Kier alpha value is -0.500. The molecule has 1 N–H and O–H groups in total. The summed E-state index contributed by atoms with van der Waals surface area (Å²) in [7, 11) is 0. The smallest absolute Gasteiger partial charge is 0.416 e. The zero-order valence-corrected chi connectivity index (χ0v) is 14.2. The number of halogens is 4. The van der Waals surface area contributed by atoms with Gasteiger partial charge in [0.25, 0.3) is 0 Å². The van der Waals surface area contributed by atoms with Crippen molar-refractivity contribution in [3.8, 4) is 0 Å². The number of hydrogen-bond acceptors (Lipinski definition) is 1.